The number of benzene rings is 2. The first kappa shape index (κ1) is 19.0. The van der Waals surface area contributed by atoms with E-state index in [0.29, 0.717) is 0 Å². The van der Waals surface area contributed by atoms with E-state index < -0.39 is 15.7 Å². The van der Waals surface area contributed by atoms with Crippen molar-refractivity contribution < 1.29 is 17.6 Å². The Morgan fingerprint density at radius 3 is 2.38 bits per heavy atom. The van der Waals surface area contributed by atoms with E-state index in [-0.39, 0.29) is 31.5 Å². The van der Waals surface area contributed by atoms with Crippen LogP contribution in [-0.4, -0.2) is 14.3 Å². The third-order valence-corrected chi connectivity index (χ3v) is 6.38. The molecule has 3 rings (SSSR count). The van der Waals surface area contributed by atoms with Crippen LogP contribution in [-0.2, 0) is 9.84 Å². The number of halogens is 3. The van der Waals surface area contributed by atoms with E-state index in [1.807, 2.05) is 0 Å². The van der Waals surface area contributed by atoms with Crippen LogP contribution in [0, 0.1) is 0 Å². The molecule has 0 radical (unpaired) electrons. The van der Waals surface area contributed by atoms with Crippen molar-refractivity contribution in [3.05, 3.63) is 74.9 Å². The minimum Gasteiger partial charge on any atom is -0.439 e. The van der Waals surface area contributed by atoms with Crippen molar-refractivity contribution in [2.75, 3.05) is 5.32 Å². The van der Waals surface area contributed by atoms with Gasteiger partial charge in [0.15, 0.2) is 5.76 Å². The van der Waals surface area contributed by atoms with Crippen LogP contribution in [0.25, 0.3) is 0 Å². The van der Waals surface area contributed by atoms with Gasteiger partial charge in [-0.05, 0) is 48.5 Å². The standard InChI is InChI=1S/C17H10BrCl2NO4S/c18-10-4-6-11(7-5-10)26(23,24)15-9-8-14(25-15)17(22)21-13-3-1-2-12(19)16(13)20/h1-9H,(H,21,22). The normalized spacial score (nSPS) is 11.3. The molecule has 1 N–H and O–H groups in total. The largest absolute Gasteiger partial charge is 0.439 e. The maximum Gasteiger partial charge on any atom is 0.291 e. The predicted molar refractivity (Wildman–Crippen MR) is 103 cm³/mol. The number of nitrogens with one attached hydrogen (secondary N) is 1. The number of hydrogen-bond acceptors (Lipinski definition) is 4. The number of amides is 1. The molecule has 5 nitrogen and oxygen atoms in total. The molecule has 1 aromatic heterocycles. The van der Waals surface area contributed by atoms with Crippen LogP contribution in [0.1, 0.15) is 10.6 Å². The van der Waals surface area contributed by atoms with Crippen LogP contribution >= 0.6 is 39.1 Å². The molecule has 134 valence electrons. The van der Waals surface area contributed by atoms with Gasteiger partial charge in [0.05, 0.1) is 20.6 Å². The Bertz CT molecular complexity index is 1080. The molecule has 0 aliphatic heterocycles. The van der Waals surface area contributed by atoms with Gasteiger partial charge in [-0.15, -0.1) is 0 Å². The predicted octanol–water partition coefficient (Wildman–Crippen LogP) is 5.43. The quantitative estimate of drug-likeness (QED) is 0.546. The molecular weight excluding hydrogens is 465 g/mol. The van der Waals surface area contributed by atoms with Crippen molar-refractivity contribution in [1.29, 1.82) is 0 Å². The first-order valence-electron chi connectivity index (χ1n) is 7.15. The molecule has 0 unspecified atom stereocenters. The van der Waals surface area contributed by atoms with E-state index in [1.54, 1.807) is 30.3 Å². The molecule has 9 heteroatoms. The smallest absolute Gasteiger partial charge is 0.291 e. The summed E-state index contributed by atoms with van der Waals surface area (Å²) < 4.78 is 31.1. The highest BCUT2D eigenvalue weighted by molar-refractivity contribution is 9.10. The zero-order chi connectivity index (χ0) is 18.9. The lowest BCUT2D eigenvalue weighted by Gasteiger charge is -2.06. The lowest BCUT2D eigenvalue weighted by Crippen LogP contribution is -2.11. The third-order valence-electron chi connectivity index (χ3n) is 3.39. The minimum atomic E-state index is -3.87. The highest BCUT2D eigenvalue weighted by Crippen LogP contribution is 2.30. The van der Waals surface area contributed by atoms with Gasteiger partial charge in [-0.25, -0.2) is 8.42 Å². The second-order valence-electron chi connectivity index (χ2n) is 5.13. The van der Waals surface area contributed by atoms with E-state index in [0.717, 1.165) is 4.47 Å². The van der Waals surface area contributed by atoms with Gasteiger partial charge in [-0.3, -0.25) is 4.79 Å². The summed E-state index contributed by atoms with van der Waals surface area (Å²) >= 11 is 15.2. The van der Waals surface area contributed by atoms with Gasteiger partial charge in [0.1, 0.15) is 0 Å². The highest BCUT2D eigenvalue weighted by atomic mass is 79.9. The summed E-state index contributed by atoms with van der Waals surface area (Å²) in [5.41, 5.74) is 0.290. The van der Waals surface area contributed by atoms with Gasteiger partial charge >= 0.3 is 0 Å². The van der Waals surface area contributed by atoms with Crippen molar-refractivity contribution in [1.82, 2.24) is 0 Å². The Balaban J connectivity index is 1.86. The second-order valence-corrected chi connectivity index (χ2v) is 8.71. The molecule has 0 spiro atoms. The summed E-state index contributed by atoms with van der Waals surface area (Å²) in [7, 11) is -3.87. The first-order valence-corrected chi connectivity index (χ1v) is 10.2. The van der Waals surface area contributed by atoms with Gasteiger partial charge < -0.3 is 9.73 Å². The van der Waals surface area contributed by atoms with Crippen molar-refractivity contribution in [3.8, 4) is 0 Å². The molecule has 1 heterocycles. The van der Waals surface area contributed by atoms with Crippen LogP contribution in [0.5, 0.6) is 0 Å². The number of sulfone groups is 1. The van der Waals surface area contributed by atoms with Gasteiger partial charge in [-0.1, -0.05) is 45.2 Å². The summed E-state index contributed by atoms with van der Waals surface area (Å²) in [4.78, 5) is 12.3. The molecule has 1 amide bonds. The molecular formula is C17H10BrCl2NO4S. The topological polar surface area (TPSA) is 76.4 Å². The average molecular weight is 475 g/mol. The molecule has 0 fully saturated rings. The summed E-state index contributed by atoms with van der Waals surface area (Å²) in [6, 6.07) is 13.3. The third kappa shape index (κ3) is 3.81. The molecule has 0 atom stereocenters. The zero-order valence-electron chi connectivity index (χ0n) is 12.9. The lowest BCUT2D eigenvalue weighted by atomic mass is 10.3. The highest BCUT2D eigenvalue weighted by Gasteiger charge is 2.24. The summed E-state index contributed by atoms with van der Waals surface area (Å²) in [5, 5.41) is 2.66. The first-order chi connectivity index (χ1) is 12.3. The van der Waals surface area contributed by atoms with Crippen LogP contribution in [0.4, 0.5) is 5.69 Å². The fraction of sp³-hybridized carbons (Fsp3) is 0. The van der Waals surface area contributed by atoms with Crippen molar-refractivity contribution >= 4 is 60.6 Å². The molecule has 0 saturated heterocycles. The van der Waals surface area contributed by atoms with Gasteiger partial charge in [0.2, 0.25) is 14.9 Å². The van der Waals surface area contributed by atoms with E-state index in [9.17, 15) is 13.2 Å². The number of carbonyl (C=O) groups is 1. The van der Waals surface area contributed by atoms with Crippen molar-refractivity contribution in [2.24, 2.45) is 0 Å². The van der Waals surface area contributed by atoms with Gasteiger partial charge in [0, 0.05) is 4.47 Å². The Morgan fingerprint density at radius 1 is 1.00 bits per heavy atom. The summed E-state index contributed by atoms with van der Waals surface area (Å²) in [5.74, 6) is -0.817. The number of rotatable bonds is 4. The fourth-order valence-electron chi connectivity index (χ4n) is 2.10. The number of carbonyl (C=O) groups excluding carboxylic acids is 1. The van der Waals surface area contributed by atoms with Gasteiger partial charge in [-0.2, -0.15) is 0 Å². The molecule has 0 aliphatic rings. The second kappa shape index (κ2) is 7.44. The van der Waals surface area contributed by atoms with Crippen LogP contribution in [0.2, 0.25) is 10.0 Å². The molecule has 3 aromatic rings. The summed E-state index contributed by atoms with van der Waals surface area (Å²) in [6.07, 6.45) is 0. The monoisotopic (exact) mass is 473 g/mol. The van der Waals surface area contributed by atoms with Gasteiger partial charge in [0.25, 0.3) is 5.91 Å². The maximum atomic E-state index is 12.6. The Kier molecular flexibility index (Phi) is 5.43. The Morgan fingerprint density at radius 2 is 1.69 bits per heavy atom. The molecule has 0 bridgehead atoms. The van der Waals surface area contributed by atoms with E-state index >= 15 is 0 Å². The average Bonchev–Trinajstić information content (AvgIpc) is 3.10. The van der Waals surface area contributed by atoms with Crippen molar-refractivity contribution in [3.63, 3.8) is 0 Å². The molecule has 0 aliphatic carbocycles. The van der Waals surface area contributed by atoms with Crippen LogP contribution in [0.15, 0.2) is 73.5 Å². The number of hydrogen-bond donors (Lipinski definition) is 1. The van der Waals surface area contributed by atoms with Crippen LogP contribution < -0.4 is 5.32 Å². The fourth-order valence-corrected chi connectivity index (χ4v) is 3.89. The molecule has 26 heavy (non-hydrogen) atoms. The summed E-state index contributed by atoms with van der Waals surface area (Å²) in [6.45, 7) is 0. The Labute approximate surface area is 168 Å². The zero-order valence-corrected chi connectivity index (χ0v) is 16.8. The van der Waals surface area contributed by atoms with E-state index in [1.165, 1.54) is 24.3 Å². The molecule has 0 saturated carbocycles. The van der Waals surface area contributed by atoms with E-state index in [4.69, 9.17) is 27.6 Å². The van der Waals surface area contributed by atoms with Crippen molar-refractivity contribution in [2.45, 2.75) is 9.99 Å². The minimum absolute atomic E-state index is 0.0555. The lowest BCUT2D eigenvalue weighted by molar-refractivity contribution is 0.0991. The molecule has 2 aromatic carbocycles. The maximum absolute atomic E-state index is 12.6. The Hall–Kier alpha value is -1.80. The van der Waals surface area contributed by atoms with E-state index in [2.05, 4.69) is 21.2 Å². The SMILES string of the molecule is O=C(Nc1cccc(Cl)c1Cl)c1ccc(S(=O)(=O)c2ccc(Br)cc2)o1. The number of anilines is 1. The van der Waals surface area contributed by atoms with Crippen LogP contribution in [0.3, 0.4) is 0 Å². The number of furan rings is 1.